The lowest BCUT2D eigenvalue weighted by atomic mass is 9.94. The van der Waals surface area contributed by atoms with Gasteiger partial charge in [0.1, 0.15) is 5.82 Å². The zero-order chi connectivity index (χ0) is 21.5. The average Bonchev–Trinajstić information content (AvgIpc) is 3.20. The third kappa shape index (κ3) is 5.14. The smallest absolute Gasteiger partial charge is 0.247 e. The minimum Gasteiger partial charge on any atom is -0.325 e. The molecule has 1 aromatic carbocycles. The average molecular weight is 426 g/mol. The molecular weight excluding hydrogens is 401 g/mol. The summed E-state index contributed by atoms with van der Waals surface area (Å²) in [6, 6.07) is 6.22. The van der Waals surface area contributed by atoms with Gasteiger partial charge in [-0.25, -0.2) is 9.37 Å². The number of hydrogen-bond donors (Lipinski definition) is 0. The van der Waals surface area contributed by atoms with Gasteiger partial charge in [0, 0.05) is 24.4 Å². The van der Waals surface area contributed by atoms with Gasteiger partial charge in [0.15, 0.2) is 5.13 Å². The predicted octanol–water partition coefficient (Wildman–Crippen LogP) is 4.77. The van der Waals surface area contributed by atoms with E-state index in [1.54, 1.807) is 28.5 Å². The topological polar surface area (TPSA) is 53.5 Å². The lowest BCUT2D eigenvalue weighted by Gasteiger charge is -2.32. The molecule has 1 aliphatic carbocycles. The van der Waals surface area contributed by atoms with Crippen LogP contribution in [0, 0.1) is 18.2 Å². The maximum Gasteiger partial charge on any atom is 0.247 e. The molecule has 1 saturated carbocycles. The monoisotopic (exact) mass is 425 g/mol. The number of thiazole rings is 1. The van der Waals surface area contributed by atoms with Crippen LogP contribution in [0.2, 0.25) is 0 Å². The molecule has 7 heteroatoms. The van der Waals surface area contributed by atoms with Crippen molar-refractivity contribution in [3.63, 3.8) is 0 Å². The lowest BCUT2D eigenvalue weighted by Crippen LogP contribution is -2.40. The summed E-state index contributed by atoms with van der Waals surface area (Å²) in [4.78, 5) is 32.2. The van der Waals surface area contributed by atoms with E-state index in [4.69, 9.17) is 6.42 Å². The van der Waals surface area contributed by atoms with Crippen molar-refractivity contribution in [3.05, 3.63) is 47.2 Å². The molecule has 2 aromatic rings. The van der Waals surface area contributed by atoms with Crippen molar-refractivity contribution < 1.29 is 14.0 Å². The number of carbonyl (C=O) groups excluding carboxylic acids is 2. The van der Waals surface area contributed by atoms with Gasteiger partial charge in [-0.2, -0.15) is 0 Å². The van der Waals surface area contributed by atoms with E-state index >= 15 is 0 Å². The van der Waals surface area contributed by atoms with E-state index in [2.05, 4.69) is 10.9 Å². The molecule has 0 N–H and O–H groups in total. The number of anilines is 2. The van der Waals surface area contributed by atoms with E-state index < -0.39 is 5.82 Å². The van der Waals surface area contributed by atoms with Crippen molar-refractivity contribution in [1.29, 1.82) is 0 Å². The number of nitrogens with zero attached hydrogens (tertiary/aromatic N) is 3. The van der Waals surface area contributed by atoms with Gasteiger partial charge in [-0.3, -0.25) is 14.5 Å². The highest BCUT2D eigenvalue weighted by Gasteiger charge is 2.24. The Kier molecular flexibility index (Phi) is 7.36. The van der Waals surface area contributed by atoms with E-state index in [1.165, 1.54) is 47.8 Å². The fraction of sp³-hybridized carbons (Fsp3) is 0.348. The maximum absolute atomic E-state index is 14.2. The summed E-state index contributed by atoms with van der Waals surface area (Å²) in [5, 5.41) is 2.06. The second kappa shape index (κ2) is 10.2. The molecule has 1 heterocycles. The third-order valence-corrected chi connectivity index (χ3v) is 5.91. The summed E-state index contributed by atoms with van der Waals surface area (Å²) in [7, 11) is 0. The molecular formula is C23H24FN3O2S. The number of hydrogen-bond acceptors (Lipinski definition) is 4. The van der Waals surface area contributed by atoms with E-state index in [9.17, 15) is 14.0 Å². The summed E-state index contributed by atoms with van der Waals surface area (Å²) in [6.45, 7) is 1.64. The molecule has 5 nitrogen and oxygen atoms in total. The summed E-state index contributed by atoms with van der Waals surface area (Å²) >= 11 is 1.21. The van der Waals surface area contributed by atoms with Crippen LogP contribution in [0.15, 0.2) is 35.7 Å². The van der Waals surface area contributed by atoms with Crippen LogP contribution in [0.5, 0.6) is 0 Å². The maximum atomic E-state index is 14.2. The van der Waals surface area contributed by atoms with Gasteiger partial charge in [0.2, 0.25) is 11.8 Å². The fourth-order valence-corrected chi connectivity index (χ4v) is 4.47. The molecule has 0 bridgehead atoms. The minimum absolute atomic E-state index is 0.142. The molecule has 1 aromatic heterocycles. The molecule has 0 aliphatic heterocycles. The normalized spacial score (nSPS) is 14.4. The third-order valence-electron chi connectivity index (χ3n) is 5.07. The first kappa shape index (κ1) is 21.7. The van der Waals surface area contributed by atoms with Crippen LogP contribution >= 0.6 is 11.3 Å². The van der Waals surface area contributed by atoms with Crippen LogP contribution in [-0.2, 0) is 9.59 Å². The Balaban J connectivity index is 1.77. The Morgan fingerprint density at radius 3 is 2.70 bits per heavy atom. The van der Waals surface area contributed by atoms with Gasteiger partial charge in [-0.05, 0) is 31.1 Å². The first-order chi connectivity index (χ1) is 14.5. The largest absolute Gasteiger partial charge is 0.325 e. The number of para-hydroxylation sites is 1. The molecule has 0 atom stereocenters. The van der Waals surface area contributed by atoms with E-state index in [-0.39, 0.29) is 30.1 Å². The Morgan fingerprint density at radius 2 is 2.03 bits per heavy atom. The first-order valence-electron chi connectivity index (χ1n) is 9.94. The number of halogens is 1. The van der Waals surface area contributed by atoms with E-state index in [1.807, 2.05) is 0 Å². The van der Waals surface area contributed by atoms with Gasteiger partial charge in [-0.1, -0.05) is 37.3 Å². The Labute approximate surface area is 180 Å². The number of terminal acetylenes is 1. The van der Waals surface area contributed by atoms with Crippen molar-refractivity contribution in [2.75, 3.05) is 11.4 Å². The van der Waals surface area contributed by atoms with Crippen molar-refractivity contribution in [2.45, 2.75) is 45.1 Å². The molecule has 0 radical (unpaired) electrons. The summed E-state index contributed by atoms with van der Waals surface area (Å²) < 4.78 is 14.2. The van der Waals surface area contributed by atoms with Crippen LogP contribution in [0.3, 0.4) is 0 Å². The SMILES string of the molecule is C#CCN(C(=O)/C=C/c1csc(N(C(C)=O)c2ccccc2F)n1)C1CCCCC1. The molecule has 1 aliphatic rings. The number of amides is 2. The van der Waals surface area contributed by atoms with E-state index in [0.29, 0.717) is 10.8 Å². The van der Waals surface area contributed by atoms with E-state index in [0.717, 1.165) is 25.7 Å². The Bertz CT molecular complexity index is 973. The molecule has 1 fully saturated rings. The fourth-order valence-electron chi connectivity index (χ4n) is 3.63. The summed E-state index contributed by atoms with van der Waals surface area (Å²) in [5.41, 5.74) is 0.665. The first-order valence-corrected chi connectivity index (χ1v) is 10.8. The highest BCUT2D eigenvalue weighted by atomic mass is 32.1. The second-order valence-electron chi connectivity index (χ2n) is 7.16. The van der Waals surface area contributed by atoms with Crippen LogP contribution in [0.1, 0.15) is 44.7 Å². The molecule has 30 heavy (non-hydrogen) atoms. The van der Waals surface area contributed by atoms with Gasteiger partial charge in [-0.15, -0.1) is 17.8 Å². The highest BCUT2D eigenvalue weighted by Crippen LogP contribution is 2.31. The van der Waals surface area contributed by atoms with Crippen molar-refractivity contribution in [1.82, 2.24) is 9.88 Å². The van der Waals surface area contributed by atoms with Crippen LogP contribution in [-0.4, -0.2) is 34.3 Å². The molecule has 3 rings (SSSR count). The molecule has 156 valence electrons. The molecule has 0 unspecified atom stereocenters. The number of carbonyl (C=O) groups is 2. The Hall–Kier alpha value is -2.98. The minimum atomic E-state index is -0.507. The Morgan fingerprint density at radius 1 is 1.30 bits per heavy atom. The zero-order valence-electron chi connectivity index (χ0n) is 16.9. The summed E-state index contributed by atoms with van der Waals surface area (Å²) in [6.07, 6.45) is 13.9. The van der Waals surface area contributed by atoms with Gasteiger partial charge < -0.3 is 4.90 Å². The molecule has 0 spiro atoms. The number of benzene rings is 1. The van der Waals surface area contributed by atoms with Crippen molar-refractivity contribution in [3.8, 4) is 12.3 Å². The van der Waals surface area contributed by atoms with Gasteiger partial charge in [0.05, 0.1) is 17.9 Å². The molecule has 2 amide bonds. The van der Waals surface area contributed by atoms with Crippen molar-refractivity contribution in [2.24, 2.45) is 0 Å². The van der Waals surface area contributed by atoms with Crippen LogP contribution < -0.4 is 4.90 Å². The zero-order valence-corrected chi connectivity index (χ0v) is 17.7. The highest BCUT2D eigenvalue weighted by molar-refractivity contribution is 7.14. The molecule has 0 saturated heterocycles. The van der Waals surface area contributed by atoms with Crippen molar-refractivity contribution >= 4 is 40.0 Å². The number of aromatic nitrogens is 1. The number of rotatable bonds is 6. The summed E-state index contributed by atoms with van der Waals surface area (Å²) in [5.74, 6) is 1.58. The lowest BCUT2D eigenvalue weighted by molar-refractivity contribution is -0.128. The standard InChI is InChI=1S/C23H24FN3O2S/c1-3-15-26(19-9-5-4-6-10-19)22(29)14-13-18-16-30-23(25-18)27(17(2)28)21-12-8-7-11-20(21)24/h1,7-8,11-14,16,19H,4-6,9-10,15H2,2H3/b14-13+. The van der Waals surface area contributed by atoms with Gasteiger partial charge in [0.25, 0.3) is 0 Å². The van der Waals surface area contributed by atoms with Gasteiger partial charge >= 0.3 is 0 Å². The van der Waals surface area contributed by atoms with Crippen LogP contribution in [0.4, 0.5) is 15.2 Å². The predicted molar refractivity (Wildman–Crippen MR) is 118 cm³/mol. The second-order valence-corrected chi connectivity index (χ2v) is 7.99. The quantitative estimate of drug-likeness (QED) is 0.495. The van der Waals surface area contributed by atoms with Crippen LogP contribution in [0.25, 0.3) is 6.08 Å².